The van der Waals surface area contributed by atoms with Crippen molar-refractivity contribution in [1.82, 2.24) is 5.32 Å². The molecule has 0 saturated heterocycles. The number of amides is 2. The maximum absolute atomic E-state index is 13.3. The molecule has 0 fully saturated rings. The summed E-state index contributed by atoms with van der Waals surface area (Å²) in [5, 5.41) is 11.6. The second-order valence-electron chi connectivity index (χ2n) is 7.64. The van der Waals surface area contributed by atoms with E-state index in [1.807, 2.05) is 91.0 Å². The number of nitrogens with one attached hydrogen (secondary N) is 1. The highest BCUT2D eigenvalue weighted by atomic mass is 16.4. The molecule has 0 heterocycles. The largest absolute Gasteiger partial charge is 0.481 e. The van der Waals surface area contributed by atoms with Gasteiger partial charge in [-0.1, -0.05) is 91.0 Å². The Morgan fingerprint density at radius 2 is 1.19 bits per heavy atom. The third-order valence-electron chi connectivity index (χ3n) is 5.55. The van der Waals surface area contributed by atoms with Crippen LogP contribution in [0.25, 0.3) is 0 Å². The molecule has 0 aromatic heterocycles. The van der Waals surface area contributed by atoms with Gasteiger partial charge in [-0.15, -0.1) is 0 Å². The summed E-state index contributed by atoms with van der Waals surface area (Å²) < 4.78 is 0. The van der Waals surface area contributed by atoms with Crippen LogP contribution in [-0.2, 0) is 19.8 Å². The fourth-order valence-electron chi connectivity index (χ4n) is 4.01. The van der Waals surface area contributed by atoms with Gasteiger partial charge < -0.3 is 16.2 Å². The van der Waals surface area contributed by atoms with Gasteiger partial charge in [0, 0.05) is 12.8 Å². The zero-order valence-corrected chi connectivity index (χ0v) is 17.6. The number of hydrogen-bond donors (Lipinski definition) is 3. The molecule has 3 aromatic carbocycles. The van der Waals surface area contributed by atoms with Crippen LogP contribution in [0.3, 0.4) is 0 Å². The van der Waals surface area contributed by atoms with Crippen molar-refractivity contribution in [3.05, 3.63) is 108 Å². The molecule has 6 nitrogen and oxygen atoms in total. The van der Waals surface area contributed by atoms with E-state index in [0.717, 1.165) is 16.7 Å². The Kier molecular flexibility index (Phi) is 7.39. The molecule has 0 radical (unpaired) electrons. The van der Waals surface area contributed by atoms with Gasteiger partial charge in [-0.2, -0.15) is 0 Å². The molecular formula is C26H26N2O4. The number of aliphatic carboxylic acids is 1. The molecule has 0 aliphatic rings. The molecule has 1 atom stereocenters. The highest BCUT2D eigenvalue weighted by Gasteiger charge is 2.39. The van der Waals surface area contributed by atoms with Crippen molar-refractivity contribution in [1.29, 1.82) is 0 Å². The first-order chi connectivity index (χ1) is 15.4. The molecule has 3 aromatic rings. The summed E-state index contributed by atoms with van der Waals surface area (Å²) in [6, 6.07) is 28.1. The van der Waals surface area contributed by atoms with Crippen molar-refractivity contribution in [2.75, 3.05) is 0 Å². The first-order valence-corrected chi connectivity index (χ1v) is 10.4. The number of carboxylic acids is 1. The fraction of sp³-hybridized carbons (Fsp3) is 0.192. The summed E-state index contributed by atoms with van der Waals surface area (Å²) >= 11 is 0. The lowest BCUT2D eigenvalue weighted by atomic mass is 9.67. The second kappa shape index (κ2) is 10.4. The van der Waals surface area contributed by atoms with Crippen LogP contribution in [0.4, 0.5) is 0 Å². The number of benzene rings is 3. The SMILES string of the molecule is NC(=O)[C@@H](CCC(=O)O)NC(=O)CC(c1ccccc1)(c1ccccc1)c1ccccc1. The lowest BCUT2D eigenvalue weighted by molar-refractivity contribution is -0.137. The van der Waals surface area contributed by atoms with Gasteiger partial charge in [0.15, 0.2) is 0 Å². The van der Waals surface area contributed by atoms with Gasteiger partial charge in [-0.05, 0) is 23.1 Å². The van der Waals surface area contributed by atoms with E-state index in [2.05, 4.69) is 5.32 Å². The van der Waals surface area contributed by atoms with Crippen LogP contribution in [-0.4, -0.2) is 28.9 Å². The second-order valence-corrected chi connectivity index (χ2v) is 7.64. The van der Waals surface area contributed by atoms with E-state index < -0.39 is 29.2 Å². The van der Waals surface area contributed by atoms with E-state index in [1.54, 1.807) is 0 Å². The van der Waals surface area contributed by atoms with E-state index in [0.29, 0.717) is 0 Å². The van der Waals surface area contributed by atoms with Crippen molar-refractivity contribution in [2.45, 2.75) is 30.7 Å². The van der Waals surface area contributed by atoms with Gasteiger partial charge in [-0.3, -0.25) is 14.4 Å². The molecule has 0 saturated carbocycles. The van der Waals surface area contributed by atoms with Crippen LogP contribution >= 0.6 is 0 Å². The first-order valence-electron chi connectivity index (χ1n) is 10.4. The quantitative estimate of drug-likeness (QED) is 0.429. The summed E-state index contributed by atoms with van der Waals surface area (Å²) in [6.07, 6.45) is -0.317. The normalized spacial score (nSPS) is 12.0. The van der Waals surface area contributed by atoms with E-state index in [4.69, 9.17) is 10.8 Å². The number of rotatable bonds is 10. The van der Waals surface area contributed by atoms with Gasteiger partial charge in [0.1, 0.15) is 6.04 Å². The Labute approximate surface area is 187 Å². The molecule has 0 bridgehead atoms. The van der Waals surface area contributed by atoms with E-state index in [1.165, 1.54) is 0 Å². The van der Waals surface area contributed by atoms with E-state index in [9.17, 15) is 14.4 Å². The van der Waals surface area contributed by atoms with Crippen molar-refractivity contribution in [2.24, 2.45) is 5.73 Å². The summed E-state index contributed by atoms with van der Waals surface area (Å²) in [5.74, 6) is -2.21. The topological polar surface area (TPSA) is 109 Å². The van der Waals surface area contributed by atoms with Crippen LogP contribution < -0.4 is 11.1 Å². The van der Waals surface area contributed by atoms with Crippen LogP contribution in [0.15, 0.2) is 91.0 Å². The molecule has 0 aliphatic carbocycles. The predicted octanol–water partition coefficient (Wildman–Crippen LogP) is 3.25. The summed E-state index contributed by atoms with van der Waals surface area (Å²) in [6.45, 7) is 0. The lowest BCUT2D eigenvalue weighted by Gasteiger charge is -2.36. The van der Waals surface area contributed by atoms with Crippen LogP contribution in [0.2, 0.25) is 0 Å². The van der Waals surface area contributed by atoms with Crippen molar-refractivity contribution < 1.29 is 19.5 Å². The highest BCUT2D eigenvalue weighted by molar-refractivity contribution is 5.88. The molecule has 0 spiro atoms. The minimum Gasteiger partial charge on any atom is -0.481 e. The maximum Gasteiger partial charge on any atom is 0.303 e. The monoisotopic (exact) mass is 430 g/mol. The zero-order valence-electron chi connectivity index (χ0n) is 17.6. The third-order valence-corrected chi connectivity index (χ3v) is 5.55. The van der Waals surface area contributed by atoms with Gasteiger partial charge in [0.2, 0.25) is 11.8 Å². The molecule has 4 N–H and O–H groups in total. The Morgan fingerprint density at radius 1 is 0.781 bits per heavy atom. The number of primary amides is 1. The fourth-order valence-corrected chi connectivity index (χ4v) is 4.01. The molecule has 6 heteroatoms. The standard InChI is InChI=1S/C26H26N2O4/c27-25(32)22(16-17-24(30)31)28-23(29)18-26(19-10-4-1-5-11-19,20-12-6-2-7-13-20)21-14-8-3-9-15-21/h1-15,22H,16-18H2,(H2,27,32)(H,28,29)(H,30,31)/t22-/m1/s1. The highest BCUT2D eigenvalue weighted by Crippen LogP contribution is 2.42. The summed E-state index contributed by atoms with van der Waals surface area (Å²) in [7, 11) is 0. The zero-order chi connectivity index (χ0) is 23.0. The van der Waals surface area contributed by atoms with Crippen LogP contribution in [0, 0.1) is 0 Å². The van der Waals surface area contributed by atoms with Crippen LogP contribution in [0.1, 0.15) is 36.0 Å². The Morgan fingerprint density at radius 3 is 1.53 bits per heavy atom. The lowest BCUT2D eigenvalue weighted by Crippen LogP contribution is -2.47. The van der Waals surface area contributed by atoms with E-state index in [-0.39, 0.29) is 19.3 Å². The molecule has 0 unspecified atom stereocenters. The van der Waals surface area contributed by atoms with Crippen molar-refractivity contribution in [3.63, 3.8) is 0 Å². The minimum absolute atomic E-state index is 0.0158. The number of hydrogen-bond acceptors (Lipinski definition) is 3. The van der Waals surface area contributed by atoms with Gasteiger partial charge in [0.25, 0.3) is 0 Å². The Balaban J connectivity index is 2.06. The third kappa shape index (κ3) is 5.21. The van der Waals surface area contributed by atoms with Crippen molar-refractivity contribution in [3.8, 4) is 0 Å². The molecule has 32 heavy (non-hydrogen) atoms. The van der Waals surface area contributed by atoms with Gasteiger partial charge >= 0.3 is 5.97 Å². The number of carbonyl (C=O) groups excluding carboxylic acids is 2. The Hall–Kier alpha value is -3.93. The summed E-state index contributed by atoms with van der Waals surface area (Å²) in [5.41, 5.74) is 7.38. The molecule has 2 amide bonds. The number of carbonyl (C=O) groups is 3. The van der Waals surface area contributed by atoms with Crippen LogP contribution in [0.5, 0.6) is 0 Å². The molecule has 0 aliphatic heterocycles. The number of carboxylic acid groups (broad SMARTS) is 1. The molecular weight excluding hydrogens is 404 g/mol. The van der Waals surface area contributed by atoms with E-state index >= 15 is 0 Å². The average molecular weight is 431 g/mol. The van der Waals surface area contributed by atoms with Gasteiger partial charge in [0.05, 0.1) is 5.41 Å². The van der Waals surface area contributed by atoms with Crippen molar-refractivity contribution >= 4 is 17.8 Å². The molecule has 3 rings (SSSR count). The average Bonchev–Trinajstić information content (AvgIpc) is 2.81. The number of nitrogens with two attached hydrogens (primary N) is 1. The minimum atomic E-state index is -1.06. The van der Waals surface area contributed by atoms with Gasteiger partial charge in [-0.25, -0.2) is 0 Å². The molecule has 164 valence electrons. The summed E-state index contributed by atoms with van der Waals surface area (Å²) in [4.78, 5) is 36.0. The maximum atomic E-state index is 13.3. The Bertz CT molecular complexity index is 956. The predicted molar refractivity (Wildman–Crippen MR) is 122 cm³/mol. The first kappa shape index (κ1) is 22.7. The smallest absolute Gasteiger partial charge is 0.303 e.